The van der Waals surface area contributed by atoms with Crippen LogP contribution in [0.1, 0.15) is 27.6 Å². The van der Waals surface area contributed by atoms with E-state index in [-0.39, 0.29) is 30.6 Å². The summed E-state index contributed by atoms with van der Waals surface area (Å²) >= 11 is 0. The number of β-amino-alcohol motifs (C(OH)–C–C–N with tert-alkyl or cyclic N) is 1. The first kappa shape index (κ1) is 17.1. The summed E-state index contributed by atoms with van der Waals surface area (Å²) in [6.45, 7) is 3.83. The molecule has 0 saturated carbocycles. The predicted octanol–water partition coefficient (Wildman–Crippen LogP) is -0.534. The zero-order valence-corrected chi connectivity index (χ0v) is 13.9. The van der Waals surface area contributed by atoms with Crippen molar-refractivity contribution in [2.75, 3.05) is 19.6 Å². The number of nitrogens with zero attached hydrogens (tertiary/aromatic N) is 4. The number of aryl methyl sites for hydroxylation is 2. The van der Waals surface area contributed by atoms with E-state index in [1.807, 2.05) is 13.0 Å². The zero-order valence-electron chi connectivity index (χ0n) is 13.9. The van der Waals surface area contributed by atoms with Crippen LogP contribution in [0.15, 0.2) is 15.2 Å². The molecular formula is C15H19N5O5. The van der Waals surface area contributed by atoms with Gasteiger partial charge < -0.3 is 19.8 Å². The van der Waals surface area contributed by atoms with Crippen molar-refractivity contribution in [2.45, 2.75) is 26.4 Å². The molecule has 0 unspecified atom stereocenters. The quantitative estimate of drug-likeness (QED) is 0.735. The van der Waals surface area contributed by atoms with Crippen LogP contribution in [0.25, 0.3) is 0 Å². The van der Waals surface area contributed by atoms with Crippen LogP contribution in [0.4, 0.5) is 0 Å². The molecule has 2 amide bonds. The Kier molecular flexibility index (Phi) is 4.79. The second kappa shape index (κ2) is 7.01. The average Bonchev–Trinajstić information content (AvgIpc) is 3.27. The summed E-state index contributed by atoms with van der Waals surface area (Å²) in [5.41, 5.74) is 1.17. The number of hydrogen-bond acceptors (Lipinski definition) is 8. The van der Waals surface area contributed by atoms with E-state index in [0.29, 0.717) is 24.4 Å². The van der Waals surface area contributed by atoms with Gasteiger partial charge in [-0.1, -0.05) is 10.3 Å². The minimum absolute atomic E-state index is 0.0489. The minimum Gasteiger partial charge on any atom is -0.391 e. The molecule has 0 aromatic carbocycles. The Labute approximate surface area is 143 Å². The van der Waals surface area contributed by atoms with Gasteiger partial charge in [-0.25, -0.2) is 4.63 Å². The summed E-state index contributed by atoms with van der Waals surface area (Å²) in [5.74, 6) is -0.259. The van der Waals surface area contributed by atoms with Crippen molar-refractivity contribution in [1.82, 2.24) is 25.7 Å². The van der Waals surface area contributed by atoms with E-state index < -0.39 is 12.0 Å². The van der Waals surface area contributed by atoms with Crippen molar-refractivity contribution in [1.29, 1.82) is 0 Å². The molecule has 1 aliphatic heterocycles. The summed E-state index contributed by atoms with van der Waals surface area (Å²) in [6.07, 6.45) is -0.144. The number of amides is 2. The summed E-state index contributed by atoms with van der Waals surface area (Å²) in [7, 11) is 0. The molecule has 10 nitrogen and oxygen atoms in total. The van der Waals surface area contributed by atoms with Gasteiger partial charge >= 0.3 is 0 Å². The Bertz CT molecular complexity index is 770. The van der Waals surface area contributed by atoms with E-state index in [0.717, 1.165) is 5.69 Å². The molecule has 2 atom stereocenters. The van der Waals surface area contributed by atoms with Crippen LogP contribution in [0.5, 0.6) is 0 Å². The van der Waals surface area contributed by atoms with E-state index in [4.69, 9.17) is 4.52 Å². The maximum atomic E-state index is 12.3. The molecule has 3 heterocycles. The third-order valence-corrected chi connectivity index (χ3v) is 4.17. The van der Waals surface area contributed by atoms with Gasteiger partial charge in [0.15, 0.2) is 5.69 Å². The molecule has 1 saturated heterocycles. The van der Waals surface area contributed by atoms with Crippen molar-refractivity contribution in [3.63, 3.8) is 0 Å². The van der Waals surface area contributed by atoms with Gasteiger partial charge in [0.05, 0.1) is 18.3 Å². The number of aliphatic hydroxyl groups is 1. The van der Waals surface area contributed by atoms with Crippen LogP contribution >= 0.6 is 0 Å². The van der Waals surface area contributed by atoms with Gasteiger partial charge in [0, 0.05) is 31.5 Å². The molecule has 0 spiro atoms. The number of likely N-dealkylation sites (tertiary alicyclic amines) is 1. The molecule has 1 fully saturated rings. The molecular weight excluding hydrogens is 330 g/mol. The molecule has 0 bridgehead atoms. The van der Waals surface area contributed by atoms with Crippen LogP contribution in [-0.4, -0.2) is 63.0 Å². The molecule has 10 heteroatoms. The van der Waals surface area contributed by atoms with Crippen LogP contribution in [0.2, 0.25) is 0 Å². The first-order chi connectivity index (χ1) is 11.9. The summed E-state index contributed by atoms with van der Waals surface area (Å²) in [5, 5.41) is 23.5. The Morgan fingerprint density at radius 3 is 2.76 bits per heavy atom. The van der Waals surface area contributed by atoms with Gasteiger partial charge in [-0.2, -0.15) is 0 Å². The normalized spacial score (nSPS) is 20.0. The van der Waals surface area contributed by atoms with E-state index in [2.05, 4.69) is 25.4 Å². The second-order valence-corrected chi connectivity index (χ2v) is 6.15. The summed E-state index contributed by atoms with van der Waals surface area (Å²) < 4.78 is 9.61. The number of nitrogens with one attached hydrogen (secondary N) is 1. The van der Waals surface area contributed by atoms with E-state index >= 15 is 0 Å². The molecule has 2 aromatic heterocycles. The molecule has 25 heavy (non-hydrogen) atoms. The van der Waals surface area contributed by atoms with E-state index in [9.17, 15) is 14.7 Å². The van der Waals surface area contributed by atoms with Crippen LogP contribution in [-0.2, 0) is 11.2 Å². The van der Waals surface area contributed by atoms with Crippen LogP contribution in [0, 0.1) is 19.8 Å². The monoisotopic (exact) mass is 349 g/mol. The van der Waals surface area contributed by atoms with Crippen LogP contribution in [0.3, 0.4) is 0 Å². The largest absolute Gasteiger partial charge is 0.391 e. The molecule has 2 N–H and O–H groups in total. The number of aromatic nitrogens is 3. The fraction of sp³-hybridized carbons (Fsp3) is 0.533. The Balaban J connectivity index is 1.51. The maximum absolute atomic E-state index is 12.3. The summed E-state index contributed by atoms with van der Waals surface area (Å²) in [4.78, 5) is 25.7. The molecule has 3 rings (SSSR count). The standard InChI is InChI=1S/C15H19N5O5/c1-8-3-11(24-17-8)4-10-6-20(7-12(10)21)13(22)5-16-15(23)14-9(2)18-25-19-14/h3,10,12,21H,4-7H2,1-2H3,(H,16,23)/t10-,12+/m1/s1. The van der Waals surface area contributed by atoms with Gasteiger partial charge in [-0.15, -0.1) is 0 Å². The van der Waals surface area contributed by atoms with Crippen molar-refractivity contribution in [3.05, 3.63) is 28.9 Å². The highest BCUT2D eigenvalue weighted by Crippen LogP contribution is 2.22. The lowest BCUT2D eigenvalue weighted by Gasteiger charge is -2.16. The molecule has 1 aliphatic rings. The Morgan fingerprint density at radius 1 is 1.32 bits per heavy atom. The number of carbonyl (C=O) groups is 2. The Morgan fingerprint density at radius 2 is 2.12 bits per heavy atom. The average molecular weight is 349 g/mol. The fourth-order valence-corrected chi connectivity index (χ4v) is 2.82. The van der Waals surface area contributed by atoms with E-state index in [1.165, 1.54) is 4.90 Å². The Hall–Kier alpha value is -2.75. The van der Waals surface area contributed by atoms with Crippen molar-refractivity contribution < 1.29 is 23.8 Å². The minimum atomic E-state index is -0.646. The highest BCUT2D eigenvalue weighted by Gasteiger charge is 2.34. The van der Waals surface area contributed by atoms with Crippen molar-refractivity contribution >= 4 is 11.8 Å². The molecule has 134 valence electrons. The van der Waals surface area contributed by atoms with Gasteiger partial charge in [-0.05, 0) is 19.0 Å². The highest BCUT2D eigenvalue weighted by atomic mass is 16.6. The second-order valence-electron chi connectivity index (χ2n) is 6.15. The van der Waals surface area contributed by atoms with Crippen molar-refractivity contribution in [2.24, 2.45) is 5.92 Å². The van der Waals surface area contributed by atoms with Gasteiger partial charge in [0.25, 0.3) is 5.91 Å². The first-order valence-corrected chi connectivity index (χ1v) is 7.89. The first-order valence-electron chi connectivity index (χ1n) is 7.89. The molecule has 0 aliphatic carbocycles. The lowest BCUT2D eigenvalue weighted by atomic mass is 10.0. The maximum Gasteiger partial charge on any atom is 0.275 e. The fourth-order valence-electron chi connectivity index (χ4n) is 2.82. The number of aliphatic hydroxyl groups excluding tert-OH is 1. The lowest BCUT2D eigenvalue weighted by Crippen LogP contribution is -2.39. The third-order valence-electron chi connectivity index (χ3n) is 4.17. The highest BCUT2D eigenvalue weighted by molar-refractivity contribution is 5.95. The smallest absolute Gasteiger partial charge is 0.275 e. The lowest BCUT2D eigenvalue weighted by molar-refractivity contribution is -0.129. The summed E-state index contributed by atoms with van der Waals surface area (Å²) in [6, 6.07) is 1.81. The van der Waals surface area contributed by atoms with Crippen LogP contribution < -0.4 is 5.32 Å². The number of rotatable bonds is 5. The number of carbonyl (C=O) groups excluding carboxylic acids is 2. The molecule has 0 radical (unpaired) electrons. The van der Waals surface area contributed by atoms with Gasteiger partial charge in [0.1, 0.15) is 11.5 Å². The SMILES string of the molecule is Cc1cc(C[C@@H]2CN(C(=O)CNC(=O)c3nonc3C)C[C@@H]2O)on1. The van der Waals surface area contributed by atoms with Crippen molar-refractivity contribution in [3.8, 4) is 0 Å². The predicted molar refractivity (Wildman–Crippen MR) is 82.4 cm³/mol. The third kappa shape index (κ3) is 3.85. The zero-order chi connectivity index (χ0) is 18.0. The van der Waals surface area contributed by atoms with E-state index in [1.54, 1.807) is 6.92 Å². The topological polar surface area (TPSA) is 135 Å². The molecule has 2 aromatic rings. The van der Waals surface area contributed by atoms with Gasteiger partial charge in [-0.3, -0.25) is 9.59 Å². The number of hydrogen-bond donors (Lipinski definition) is 2. The van der Waals surface area contributed by atoms with Gasteiger partial charge in [0.2, 0.25) is 5.91 Å².